The Labute approximate surface area is 123 Å². The molecular weight excluding hydrogens is 339 g/mol. The molecule has 0 atom stereocenters. The third-order valence-electron chi connectivity index (χ3n) is 2.61. The van der Waals surface area contributed by atoms with Crippen molar-refractivity contribution < 1.29 is 4.79 Å². The van der Waals surface area contributed by atoms with E-state index in [1.807, 2.05) is 18.2 Å². The van der Waals surface area contributed by atoms with E-state index in [1.165, 1.54) is 0 Å². The molecule has 0 saturated heterocycles. The van der Waals surface area contributed by atoms with E-state index in [0.29, 0.717) is 29.4 Å². The molecular formula is C12H9BrCl2N2O. The van der Waals surface area contributed by atoms with Crippen molar-refractivity contribution in [1.29, 1.82) is 0 Å². The van der Waals surface area contributed by atoms with Crippen molar-refractivity contribution in [2.75, 3.05) is 0 Å². The molecule has 18 heavy (non-hydrogen) atoms. The highest BCUT2D eigenvalue weighted by Gasteiger charge is 2.13. The molecule has 1 aromatic heterocycles. The maximum Gasteiger partial charge on any atom is 0.169 e. The number of imidazole rings is 1. The zero-order valence-electron chi connectivity index (χ0n) is 9.45. The molecule has 0 saturated carbocycles. The van der Waals surface area contributed by atoms with Crippen LogP contribution in [0.1, 0.15) is 21.9 Å². The zero-order chi connectivity index (χ0) is 13.3. The van der Waals surface area contributed by atoms with Crippen molar-refractivity contribution in [2.45, 2.75) is 13.5 Å². The molecule has 0 bridgehead atoms. The molecule has 2 aromatic rings. The molecule has 94 valence electrons. The fraction of sp³-hybridized carbons (Fsp3) is 0.167. The molecule has 6 heteroatoms. The number of nitrogens with zero attached hydrogens (tertiary/aromatic N) is 2. The second-order valence-electron chi connectivity index (χ2n) is 3.77. The number of hydrogen-bond donors (Lipinski definition) is 0. The first kappa shape index (κ1) is 13.6. The van der Waals surface area contributed by atoms with Crippen molar-refractivity contribution in [3.8, 4) is 0 Å². The van der Waals surface area contributed by atoms with Gasteiger partial charge in [0.1, 0.15) is 11.5 Å². The van der Waals surface area contributed by atoms with Gasteiger partial charge in [-0.2, -0.15) is 0 Å². The van der Waals surface area contributed by atoms with E-state index in [-0.39, 0.29) is 5.15 Å². The lowest BCUT2D eigenvalue weighted by Gasteiger charge is -2.09. The molecule has 0 aliphatic heterocycles. The summed E-state index contributed by atoms with van der Waals surface area (Å²) >= 11 is 15.4. The van der Waals surface area contributed by atoms with Crippen LogP contribution in [-0.4, -0.2) is 15.8 Å². The van der Waals surface area contributed by atoms with Gasteiger partial charge in [-0.05, 0) is 24.6 Å². The Kier molecular flexibility index (Phi) is 4.10. The third-order valence-corrected chi connectivity index (χ3v) is 3.73. The van der Waals surface area contributed by atoms with Crippen LogP contribution in [0.3, 0.4) is 0 Å². The van der Waals surface area contributed by atoms with E-state index >= 15 is 0 Å². The predicted octanol–water partition coefficient (Wildman–Crippen LogP) is 4.12. The Morgan fingerprint density at radius 1 is 1.44 bits per heavy atom. The van der Waals surface area contributed by atoms with Crippen LogP contribution in [0.2, 0.25) is 10.2 Å². The summed E-state index contributed by atoms with van der Waals surface area (Å²) in [6.07, 6.45) is 0.703. The number of carbonyl (C=O) groups excluding carboxylic acids is 1. The monoisotopic (exact) mass is 346 g/mol. The van der Waals surface area contributed by atoms with Gasteiger partial charge < -0.3 is 4.57 Å². The standard InChI is InChI=1S/C12H9BrCl2N2O/c1-7-16-12(15)11(6-18)17(7)5-8-2-3-9(13)4-10(8)14/h2-4,6H,5H2,1H3. The number of halogens is 3. The molecule has 2 rings (SSSR count). The van der Waals surface area contributed by atoms with Crippen molar-refractivity contribution in [2.24, 2.45) is 0 Å². The molecule has 0 radical (unpaired) electrons. The first-order valence-corrected chi connectivity index (χ1v) is 6.69. The van der Waals surface area contributed by atoms with Gasteiger partial charge in [-0.3, -0.25) is 4.79 Å². The van der Waals surface area contributed by atoms with Gasteiger partial charge in [0.25, 0.3) is 0 Å². The number of carbonyl (C=O) groups is 1. The number of benzene rings is 1. The number of aromatic nitrogens is 2. The summed E-state index contributed by atoms with van der Waals surface area (Å²) in [4.78, 5) is 15.1. The van der Waals surface area contributed by atoms with E-state index in [1.54, 1.807) is 11.5 Å². The minimum Gasteiger partial charge on any atom is -0.320 e. The smallest absolute Gasteiger partial charge is 0.169 e. The number of aldehydes is 1. The van der Waals surface area contributed by atoms with Crippen molar-refractivity contribution in [3.63, 3.8) is 0 Å². The fourth-order valence-corrected chi connectivity index (χ4v) is 2.68. The average Bonchev–Trinajstić information content (AvgIpc) is 2.57. The molecule has 0 spiro atoms. The van der Waals surface area contributed by atoms with E-state index in [9.17, 15) is 4.79 Å². The fourth-order valence-electron chi connectivity index (χ4n) is 1.68. The van der Waals surface area contributed by atoms with Crippen LogP contribution >= 0.6 is 39.1 Å². The SMILES string of the molecule is Cc1nc(Cl)c(C=O)n1Cc1ccc(Br)cc1Cl. The van der Waals surface area contributed by atoms with Gasteiger partial charge in [-0.15, -0.1) is 0 Å². The van der Waals surface area contributed by atoms with Gasteiger partial charge in [0.2, 0.25) is 0 Å². The first-order valence-electron chi connectivity index (χ1n) is 5.14. The Bertz CT molecular complexity index is 610. The minimum absolute atomic E-state index is 0.218. The molecule has 0 aliphatic rings. The molecule has 0 aliphatic carbocycles. The Balaban J connectivity index is 2.42. The normalized spacial score (nSPS) is 10.7. The van der Waals surface area contributed by atoms with Crippen LogP contribution in [0.4, 0.5) is 0 Å². The number of aryl methyl sites for hydroxylation is 1. The Hall–Kier alpha value is -0.840. The number of rotatable bonds is 3. The number of hydrogen-bond acceptors (Lipinski definition) is 2. The van der Waals surface area contributed by atoms with Gasteiger partial charge in [0, 0.05) is 9.50 Å². The quantitative estimate of drug-likeness (QED) is 0.783. The Morgan fingerprint density at radius 2 is 2.17 bits per heavy atom. The second-order valence-corrected chi connectivity index (χ2v) is 5.46. The van der Waals surface area contributed by atoms with Crippen molar-refractivity contribution in [1.82, 2.24) is 9.55 Å². The molecule has 0 fully saturated rings. The van der Waals surface area contributed by atoms with E-state index in [2.05, 4.69) is 20.9 Å². The van der Waals surface area contributed by atoms with E-state index < -0.39 is 0 Å². The molecule has 0 amide bonds. The lowest BCUT2D eigenvalue weighted by Crippen LogP contribution is -2.06. The van der Waals surface area contributed by atoms with E-state index in [0.717, 1.165) is 10.0 Å². The molecule has 1 heterocycles. The van der Waals surface area contributed by atoms with Crippen LogP contribution in [0, 0.1) is 6.92 Å². The Morgan fingerprint density at radius 3 is 2.78 bits per heavy atom. The summed E-state index contributed by atoms with van der Waals surface area (Å²) in [7, 11) is 0. The van der Waals surface area contributed by atoms with Crippen molar-refractivity contribution in [3.05, 3.63) is 49.9 Å². The zero-order valence-corrected chi connectivity index (χ0v) is 12.6. The molecule has 0 unspecified atom stereocenters. The summed E-state index contributed by atoms with van der Waals surface area (Å²) in [5.74, 6) is 0.682. The molecule has 1 aromatic carbocycles. The summed E-state index contributed by atoms with van der Waals surface area (Å²) in [5.41, 5.74) is 1.27. The highest BCUT2D eigenvalue weighted by Crippen LogP contribution is 2.24. The minimum atomic E-state index is 0.218. The predicted molar refractivity (Wildman–Crippen MR) is 75.6 cm³/mol. The summed E-state index contributed by atoms with van der Waals surface area (Å²) in [6.45, 7) is 2.26. The van der Waals surface area contributed by atoms with Crippen LogP contribution in [0.25, 0.3) is 0 Å². The van der Waals surface area contributed by atoms with Crippen LogP contribution in [0.5, 0.6) is 0 Å². The molecule has 3 nitrogen and oxygen atoms in total. The maximum absolute atomic E-state index is 11.0. The largest absolute Gasteiger partial charge is 0.320 e. The third kappa shape index (κ3) is 2.60. The van der Waals surface area contributed by atoms with Crippen LogP contribution < -0.4 is 0 Å². The summed E-state index contributed by atoms with van der Waals surface area (Å²) in [6, 6.07) is 5.61. The van der Waals surface area contributed by atoms with Gasteiger partial charge >= 0.3 is 0 Å². The van der Waals surface area contributed by atoms with Gasteiger partial charge in [-0.1, -0.05) is 45.2 Å². The van der Waals surface area contributed by atoms with Gasteiger partial charge in [0.15, 0.2) is 11.4 Å². The first-order chi connectivity index (χ1) is 8.52. The summed E-state index contributed by atoms with van der Waals surface area (Å²) in [5, 5.41) is 0.848. The second kappa shape index (κ2) is 5.43. The highest BCUT2D eigenvalue weighted by atomic mass is 79.9. The van der Waals surface area contributed by atoms with Crippen molar-refractivity contribution >= 4 is 45.4 Å². The summed E-state index contributed by atoms with van der Waals surface area (Å²) < 4.78 is 2.65. The van der Waals surface area contributed by atoms with Crippen LogP contribution in [0.15, 0.2) is 22.7 Å². The van der Waals surface area contributed by atoms with Gasteiger partial charge in [-0.25, -0.2) is 4.98 Å². The maximum atomic E-state index is 11.0. The average molecular weight is 348 g/mol. The lowest BCUT2D eigenvalue weighted by molar-refractivity contribution is 0.111. The van der Waals surface area contributed by atoms with Gasteiger partial charge in [0.05, 0.1) is 6.54 Å². The van der Waals surface area contributed by atoms with E-state index in [4.69, 9.17) is 23.2 Å². The van der Waals surface area contributed by atoms with Crippen LogP contribution in [-0.2, 0) is 6.54 Å². The lowest BCUT2D eigenvalue weighted by atomic mass is 10.2. The highest BCUT2D eigenvalue weighted by molar-refractivity contribution is 9.10. The topological polar surface area (TPSA) is 34.9 Å². The molecule has 0 N–H and O–H groups in total.